The number of amides is 2. The molecule has 1 aromatic carbocycles. The van der Waals surface area contributed by atoms with Crippen molar-refractivity contribution >= 4 is 45.7 Å². The molecule has 0 unspecified atom stereocenters. The zero-order valence-electron chi connectivity index (χ0n) is 15.6. The molecule has 0 radical (unpaired) electrons. The Kier molecular flexibility index (Phi) is 6.84. The fourth-order valence-corrected chi connectivity index (χ4v) is 4.65. The number of rotatable bonds is 6. The van der Waals surface area contributed by atoms with Crippen LogP contribution in [0, 0.1) is 19.8 Å². The van der Waals surface area contributed by atoms with Crippen molar-refractivity contribution in [3.05, 3.63) is 29.3 Å². The van der Waals surface area contributed by atoms with Crippen LogP contribution in [0.15, 0.2) is 22.5 Å². The van der Waals surface area contributed by atoms with E-state index >= 15 is 0 Å². The van der Waals surface area contributed by atoms with Crippen LogP contribution in [-0.2, 0) is 9.59 Å². The Hall–Kier alpha value is -1.93. The summed E-state index contributed by atoms with van der Waals surface area (Å²) in [6.45, 7) is 4.12. The molecule has 8 heteroatoms. The molecule has 6 nitrogen and oxygen atoms in total. The normalized spacial score (nSPS) is 14.7. The highest BCUT2D eigenvalue weighted by molar-refractivity contribution is 8.01. The van der Waals surface area contributed by atoms with Gasteiger partial charge >= 0.3 is 0 Å². The van der Waals surface area contributed by atoms with E-state index < -0.39 is 0 Å². The lowest BCUT2D eigenvalue weighted by atomic mass is 9.89. The van der Waals surface area contributed by atoms with Crippen molar-refractivity contribution in [2.45, 2.75) is 50.3 Å². The van der Waals surface area contributed by atoms with Gasteiger partial charge in [-0.05, 0) is 43.9 Å². The Morgan fingerprint density at radius 3 is 2.74 bits per heavy atom. The predicted molar refractivity (Wildman–Crippen MR) is 110 cm³/mol. The van der Waals surface area contributed by atoms with Gasteiger partial charge in [-0.1, -0.05) is 54.5 Å². The Balaban J connectivity index is 1.48. The Morgan fingerprint density at radius 2 is 1.96 bits per heavy atom. The molecule has 0 bridgehead atoms. The second kappa shape index (κ2) is 9.32. The molecular formula is C19H24N4O2S2. The minimum Gasteiger partial charge on any atom is -0.330 e. The van der Waals surface area contributed by atoms with Gasteiger partial charge in [-0.3, -0.25) is 14.9 Å². The number of imide groups is 1. The zero-order valence-corrected chi connectivity index (χ0v) is 17.2. The van der Waals surface area contributed by atoms with Crippen molar-refractivity contribution in [3.8, 4) is 0 Å². The minimum absolute atomic E-state index is 0.0115. The first-order valence-corrected chi connectivity index (χ1v) is 11.0. The number of anilines is 2. The molecule has 1 fully saturated rings. The molecule has 2 N–H and O–H groups in total. The summed E-state index contributed by atoms with van der Waals surface area (Å²) in [5.41, 5.74) is 3.37. The number of nitrogens with zero attached hydrogens (tertiary/aromatic N) is 2. The summed E-state index contributed by atoms with van der Waals surface area (Å²) in [4.78, 5) is 24.1. The quantitative estimate of drug-likeness (QED) is 0.702. The molecule has 144 valence electrons. The molecule has 1 aromatic heterocycles. The number of thioether (sulfide) groups is 1. The summed E-state index contributed by atoms with van der Waals surface area (Å²) < 4.78 is 0.697. The van der Waals surface area contributed by atoms with Crippen molar-refractivity contribution in [3.63, 3.8) is 0 Å². The average molecular weight is 405 g/mol. The van der Waals surface area contributed by atoms with Gasteiger partial charge in [-0.15, -0.1) is 10.2 Å². The van der Waals surface area contributed by atoms with E-state index in [2.05, 4.69) is 40.7 Å². The molecule has 1 aliphatic rings. The number of aromatic nitrogens is 2. The molecule has 0 atom stereocenters. The first-order chi connectivity index (χ1) is 13.0. The maximum atomic E-state index is 12.1. The van der Waals surface area contributed by atoms with Crippen LogP contribution in [0.2, 0.25) is 0 Å². The van der Waals surface area contributed by atoms with Gasteiger partial charge in [0.05, 0.1) is 5.75 Å². The summed E-state index contributed by atoms with van der Waals surface area (Å²) >= 11 is 2.69. The molecule has 1 saturated carbocycles. The zero-order chi connectivity index (χ0) is 19.2. The standard InChI is InChI=1S/C19H24N4O2S2/c1-12-7-6-10-15(13(12)2)20-18-22-23-19(27-18)26-11-16(24)21-17(25)14-8-4-3-5-9-14/h6-7,10,14H,3-5,8-9,11H2,1-2H3,(H,20,22)(H,21,24,25). The molecule has 0 spiro atoms. The Labute approximate surface area is 167 Å². The van der Waals surface area contributed by atoms with Crippen molar-refractivity contribution < 1.29 is 9.59 Å². The molecule has 3 rings (SSSR count). The molecule has 2 aromatic rings. The maximum Gasteiger partial charge on any atom is 0.237 e. The molecular weight excluding hydrogens is 380 g/mol. The Morgan fingerprint density at radius 1 is 1.19 bits per heavy atom. The van der Waals surface area contributed by atoms with Crippen LogP contribution in [0.3, 0.4) is 0 Å². The van der Waals surface area contributed by atoms with Crippen molar-refractivity contribution in [2.75, 3.05) is 11.1 Å². The van der Waals surface area contributed by atoms with Gasteiger partial charge in [0.2, 0.25) is 16.9 Å². The van der Waals surface area contributed by atoms with E-state index in [-0.39, 0.29) is 23.5 Å². The lowest BCUT2D eigenvalue weighted by Crippen LogP contribution is -2.37. The van der Waals surface area contributed by atoms with Gasteiger partial charge in [-0.2, -0.15) is 0 Å². The van der Waals surface area contributed by atoms with E-state index in [9.17, 15) is 9.59 Å². The summed E-state index contributed by atoms with van der Waals surface area (Å²) in [7, 11) is 0. The van der Waals surface area contributed by atoms with Crippen molar-refractivity contribution in [1.29, 1.82) is 0 Å². The van der Waals surface area contributed by atoms with E-state index in [0.29, 0.717) is 9.47 Å². The molecule has 2 amide bonds. The molecule has 0 saturated heterocycles. The highest BCUT2D eigenvalue weighted by atomic mass is 32.2. The number of aryl methyl sites for hydroxylation is 1. The summed E-state index contributed by atoms with van der Waals surface area (Å²) in [5, 5.41) is 14.7. The third kappa shape index (κ3) is 5.52. The highest BCUT2D eigenvalue weighted by Crippen LogP contribution is 2.29. The monoisotopic (exact) mass is 404 g/mol. The van der Waals surface area contributed by atoms with E-state index in [1.54, 1.807) is 0 Å². The molecule has 1 heterocycles. The van der Waals surface area contributed by atoms with Crippen LogP contribution in [0.4, 0.5) is 10.8 Å². The fraction of sp³-hybridized carbons (Fsp3) is 0.474. The number of benzene rings is 1. The topological polar surface area (TPSA) is 84.0 Å². The second-order valence-corrected chi connectivity index (χ2v) is 8.98. The number of hydrogen-bond acceptors (Lipinski definition) is 7. The predicted octanol–water partition coefficient (Wildman–Crippen LogP) is 4.21. The highest BCUT2D eigenvalue weighted by Gasteiger charge is 2.22. The first kappa shape index (κ1) is 19.8. The number of carbonyl (C=O) groups excluding carboxylic acids is 2. The van der Waals surface area contributed by atoms with Crippen LogP contribution in [0.1, 0.15) is 43.2 Å². The third-order valence-corrected chi connectivity index (χ3v) is 6.79. The van der Waals surface area contributed by atoms with Crippen LogP contribution < -0.4 is 10.6 Å². The van der Waals surface area contributed by atoms with E-state index in [1.807, 2.05) is 12.1 Å². The van der Waals surface area contributed by atoms with Crippen molar-refractivity contribution in [2.24, 2.45) is 5.92 Å². The SMILES string of the molecule is Cc1cccc(Nc2nnc(SCC(=O)NC(=O)C3CCCCC3)s2)c1C. The van der Waals surface area contributed by atoms with Gasteiger partial charge < -0.3 is 5.32 Å². The van der Waals surface area contributed by atoms with Gasteiger partial charge in [0.15, 0.2) is 4.34 Å². The van der Waals surface area contributed by atoms with Gasteiger partial charge in [-0.25, -0.2) is 0 Å². The number of nitrogens with one attached hydrogen (secondary N) is 2. The molecule has 0 aliphatic heterocycles. The lowest BCUT2D eigenvalue weighted by Gasteiger charge is -2.20. The fourth-order valence-electron chi connectivity index (χ4n) is 3.09. The van der Waals surface area contributed by atoms with Gasteiger partial charge in [0.25, 0.3) is 0 Å². The average Bonchev–Trinajstić information content (AvgIpc) is 3.12. The summed E-state index contributed by atoms with van der Waals surface area (Å²) in [6, 6.07) is 6.06. The maximum absolute atomic E-state index is 12.1. The number of carbonyl (C=O) groups is 2. The van der Waals surface area contributed by atoms with Crippen LogP contribution in [0.25, 0.3) is 0 Å². The van der Waals surface area contributed by atoms with E-state index in [4.69, 9.17) is 0 Å². The van der Waals surface area contributed by atoms with Crippen LogP contribution >= 0.6 is 23.1 Å². The Bertz CT molecular complexity index is 816. The van der Waals surface area contributed by atoms with Gasteiger partial charge in [0.1, 0.15) is 0 Å². The van der Waals surface area contributed by atoms with Crippen LogP contribution in [0.5, 0.6) is 0 Å². The van der Waals surface area contributed by atoms with E-state index in [0.717, 1.165) is 31.4 Å². The van der Waals surface area contributed by atoms with E-state index in [1.165, 1.54) is 40.6 Å². The summed E-state index contributed by atoms with van der Waals surface area (Å²) in [5.74, 6) is -0.247. The smallest absolute Gasteiger partial charge is 0.237 e. The first-order valence-electron chi connectivity index (χ1n) is 9.16. The third-order valence-electron chi connectivity index (χ3n) is 4.82. The van der Waals surface area contributed by atoms with Crippen LogP contribution in [-0.4, -0.2) is 27.8 Å². The molecule has 27 heavy (non-hydrogen) atoms. The van der Waals surface area contributed by atoms with Crippen molar-refractivity contribution in [1.82, 2.24) is 15.5 Å². The largest absolute Gasteiger partial charge is 0.330 e. The summed E-state index contributed by atoms with van der Waals surface area (Å²) in [6.07, 6.45) is 5.10. The number of hydrogen-bond donors (Lipinski definition) is 2. The lowest BCUT2D eigenvalue weighted by molar-refractivity contribution is -0.132. The molecule has 1 aliphatic carbocycles. The second-order valence-electron chi connectivity index (χ2n) is 6.78. The van der Waals surface area contributed by atoms with Gasteiger partial charge in [0, 0.05) is 11.6 Å². The minimum atomic E-state index is -0.269.